The maximum Gasteiger partial charge on any atom is 0.0968 e. The van der Waals surface area contributed by atoms with E-state index in [1.54, 1.807) is 0 Å². The Balaban J connectivity index is 2.67. The Bertz CT molecular complexity index is 417. The molecule has 0 saturated heterocycles. The zero-order valence-corrected chi connectivity index (χ0v) is 7.70. The first-order valence-electron chi connectivity index (χ1n) is 4.50. The molecule has 1 aromatic heterocycles. The lowest BCUT2D eigenvalue weighted by Gasteiger charge is -1.95. The second-order valence-corrected chi connectivity index (χ2v) is 3.04. The smallest absolute Gasteiger partial charge is 0.0968 e. The van der Waals surface area contributed by atoms with E-state index in [2.05, 4.69) is 24.3 Å². The van der Waals surface area contributed by atoms with Crippen molar-refractivity contribution < 1.29 is 0 Å². The summed E-state index contributed by atoms with van der Waals surface area (Å²) in [6.45, 7) is 3.53. The normalized spacial score (nSPS) is 10.9. The molecular formula is C10H13N3. The van der Waals surface area contributed by atoms with Crippen molar-refractivity contribution in [3.63, 3.8) is 0 Å². The Hall–Kier alpha value is -1.35. The fraction of sp³-hybridized carbons (Fsp3) is 0.300. The van der Waals surface area contributed by atoms with E-state index in [0.29, 0.717) is 6.54 Å². The lowest BCUT2D eigenvalue weighted by atomic mass is 10.1. The molecule has 0 unspecified atom stereocenters. The lowest BCUT2D eigenvalue weighted by Crippen LogP contribution is -1.98. The minimum Gasteiger partial charge on any atom is -0.326 e. The fourth-order valence-corrected chi connectivity index (χ4v) is 1.48. The number of nitrogens with zero attached hydrogens (tertiary/aromatic N) is 2. The summed E-state index contributed by atoms with van der Waals surface area (Å²) in [5.74, 6) is 0. The van der Waals surface area contributed by atoms with Gasteiger partial charge in [-0.1, -0.05) is 18.2 Å². The molecule has 13 heavy (non-hydrogen) atoms. The number of fused-ring (bicyclic) bond motifs is 1. The molecule has 1 aromatic carbocycles. The standard InChI is InChI=1S/C10H13N3/c1-2-13-7-9-5-3-4-8(6-11)10(9)12-13/h3-5,7H,2,6,11H2,1H3. The highest BCUT2D eigenvalue weighted by molar-refractivity contribution is 5.81. The molecule has 2 N–H and O–H groups in total. The summed E-state index contributed by atoms with van der Waals surface area (Å²) in [5.41, 5.74) is 7.77. The number of benzene rings is 1. The van der Waals surface area contributed by atoms with E-state index in [0.717, 1.165) is 17.6 Å². The third kappa shape index (κ3) is 1.31. The van der Waals surface area contributed by atoms with Crippen LogP contribution >= 0.6 is 0 Å². The molecule has 0 saturated carbocycles. The third-order valence-corrected chi connectivity index (χ3v) is 2.21. The molecule has 0 atom stereocenters. The van der Waals surface area contributed by atoms with Crippen LogP contribution in [0.25, 0.3) is 10.9 Å². The van der Waals surface area contributed by atoms with Gasteiger partial charge in [0.25, 0.3) is 0 Å². The van der Waals surface area contributed by atoms with Gasteiger partial charge in [0.05, 0.1) is 5.52 Å². The topological polar surface area (TPSA) is 43.8 Å². The Morgan fingerprint density at radius 2 is 2.31 bits per heavy atom. The van der Waals surface area contributed by atoms with Gasteiger partial charge in [-0.25, -0.2) is 0 Å². The summed E-state index contributed by atoms with van der Waals surface area (Å²) in [4.78, 5) is 0. The average Bonchev–Trinajstić information content (AvgIpc) is 2.59. The molecule has 3 nitrogen and oxygen atoms in total. The summed E-state index contributed by atoms with van der Waals surface area (Å²) in [6.07, 6.45) is 2.05. The van der Waals surface area contributed by atoms with Crippen LogP contribution in [0.4, 0.5) is 0 Å². The van der Waals surface area contributed by atoms with Crippen molar-refractivity contribution in [3.8, 4) is 0 Å². The van der Waals surface area contributed by atoms with Gasteiger partial charge < -0.3 is 5.73 Å². The van der Waals surface area contributed by atoms with E-state index < -0.39 is 0 Å². The number of aryl methyl sites for hydroxylation is 1. The molecule has 0 aliphatic heterocycles. The van der Waals surface area contributed by atoms with Crippen molar-refractivity contribution in [2.24, 2.45) is 5.73 Å². The molecule has 2 aromatic rings. The van der Waals surface area contributed by atoms with Gasteiger partial charge in [0, 0.05) is 24.7 Å². The third-order valence-electron chi connectivity index (χ3n) is 2.21. The minimum absolute atomic E-state index is 0.554. The van der Waals surface area contributed by atoms with Gasteiger partial charge in [0.15, 0.2) is 0 Å². The van der Waals surface area contributed by atoms with Crippen molar-refractivity contribution in [2.45, 2.75) is 20.0 Å². The molecular weight excluding hydrogens is 162 g/mol. The largest absolute Gasteiger partial charge is 0.326 e. The second kappa shape index (κ2) is 3.18. The van der Waals surface area contributed by atoms with Crippen LogP contribution in [-0.2, 0) is 13.1 Å². The lowest BCUT2D eigenvalue weighted by molar-refractivity contribution is 0.667. The molecule has 0 bridgehead atoms. The first kappa shape index (κ1) is 8.26. The summed E-state index contributed by atoms with van der Waals surface area (Å²) in [6, 6.07) is 6.11. The van der Waals surface area contributed by atoms with E-state index >= 15 is 0 Å². The zero-order valence-electron chi connectivity index (χ0n) is 7.70. The van der Waals surface area contributed by atoms with Crippen LogP contribution < -0.4 is 5.73 Å². The van der Waals surface area contributed by atoms with Gasteiger partial charge in [-0.15, -0.1) is 0 Å². The summed E-state index contributed by atoms with van der Waals surface area (Å²) in [5, 5.41) is 5.61. The predicted molar refractivity (Wildman–Crippen MR) is 53.3 cm³/mol. The van der Waals surface area contributed by atoms with Crippen molar-refractivity contribution in [2.75, 3.05) is 0 Å². The molecule has 3 heteroatoms. The van der Waals surface area contributed by atoms with Crippen molar-refractivity contribution in [1.82, 2.24) is 9.78 Å². The van der Waals surface area contributed by atoms with Crippen LogP contribution in [-0.4, -0.2) is 9.78 Å². The molecule has 1 heterocycles. The van der Waals surface area contributed by atoms with Crippen molar-refractivity contribution in [1.29, 1.82) is 0 Å². The Labute approximate surface area is 77.2 Å². The molecule has 0 radical (unpaired) electrons. The summed E-state index contributed by atoms with van der Waals surface area (Å²) in [7, 11) is 0. The number of rotatable bonds is 2. The van der Waals surface area contributed by atoms with Crippen LogP contribution in [0.5, 0.6) is 0 Å². The molecule has 68 valence electrons. The first-order chi connectivity index (χ1) is 6.35. The summed E-state index contributed by atoms with van der Waals surface area (Å²) >= 11 is 0. The van der Waals surface area contributed by atoms with Gasteiger partial charge >= 0.3 is 0 Å². The van der Waals surface area contributed by atoms with Crippen LogP contribution in [0.3, 0.4) is 0 Å². The number of aromatic nitrogens is 2. The molecule has 2 rings (SSSR count). The van der Waals surface area contributed by atoms with Gasteiger partial charge in [0.2, 0.25) is 0 Å². The van der Waals surface area contributed by atoms with Gasteiger partial charge in [-0.05, 0) is 12.5 Å². The van der Waals surface area contributed by atoms with Gasteiger partial charge in [-0.2, -0.15) is 5.10 Å². The highest BCUT2D eigenvalue weighted by atomic mass is 15.3. The number of hydrogen-bond donors (Lipinski definition) is 1. The number of nitrogens with two attached hydrogens (primary N) is 1. The first-order valence-corrected chi connectivity index (χ1v) is 4.50. The molecule has 0 aliphatic carbocycles. The quantitative estimate of drug-likeness (QED) is 0.752. The predicted octanol–water partition coefficient (Wildman–Crippen LogP) is 1.51. The SMILES string of the molecule is CCn1cc2cccc(CN)c2n1. The molecule has 0 amide bonds. The van der Waals surface area contributed by atoms with Crippen LogP contribution in [0.15, 0.2) is 24.4 Å². The zero-order chi connectivity index (χ0) is 9.26. The second-order valence-electron chi connectivity index (χ2n) is 3.04. The fourth-order valence-electron chi connectivity index (χ4n) is 1.48. The van der Waals surface area contributed by atoms with Crippen LogP contribution in [0.1, 0.15) is 12.5 Å². The molecule has 0 fully saturated rings. The maximum absolute atomic E-state index is 5.62. The molecule has 0 spiro atoms. The highest BCUT2D eigenvalue weighted by Gasteiger charge is 2.02. The minimum atomic E-state index is 0.554. The van der Waals surface area contributed by atoms with E-state index in [1.165, 1.54) is 5.39 Å². The monoisotopic (exact) mass is 175 g/mol. The van der Waals surface area contributed by atoms with Crippen molar-refractivity contribution >= 4 is 10.9 Å². The Kier molecular flexibility index (Phi) is 2.02. The van der Waals surface area contributed by atoms with E-state index in [-0.39, 0.29) is 0 Å². The number of hydrogen-bond acceptors (Lipinski definition) is 2. The van der Waals surface area contributed by atoms with E-state index in [1.807, 2.05) is 16.8 Å². The molecule has 0 aliphatic rings. The van der Waals surface area contributed by atoms with Crippen LogP contribution in [0, 0.1) is 0 Å². The van der Waals surface area contributed by atoms with Crippen LogP contribution in [0.2, 0.25) is 0 Å². The summed E-state index contributed by atoms with van der Waals surface area (Å²) < 4.78 is 1.93. The highest BCUT2D eigenvalue weighted by Crippen LogP contribution is 2.16. The van der Waals surface area contributed by atoms with Gasteiger partial charge in [-0.3, -0.25) is 4.68 Å². The van der Waals surface area contributed by atoms with Crippen molar-refractivity contribution in [3.05, 3.63) is 30.0 Å². The van der Waals surface area contributed by atoms with E-state index in [4.69, 9.17) is 5.73 Å². The maximum atomic E-state index is 5.62. The van der Waals surface area contributed by atoms with E-state index in [9.17, 15) is 0 Å². The Morgan fingerprint density at radius 1 is 1.46 bits per heavy atom. The van der Waals surface area contributed by atoms with Gasteiger partial charge in [0.1, 0.15) is 0 Å². The average molecular weight is 175 g/mol. The Morgan fingerprint density at radius 3 is 3.00 bits per heavy atom.